The molecular weight excluding hydrogens is 393 g/mol. The van der Waals surface area contributed by atoms with Gasteiger partial charge in [0.1, 0.15) is 5.82 Å². The van der Waals surface area contributed by atoms with Crippen molar-refractivity contribution in [2.45, 2.75) is 24.3 Å². The van der Waals surface area contributed by atoms with Crippen LogP contribution in [0.5, 0.6) is 0 Å². The maximum Gasteiger partial charge on any atom is 0.262 e. The van der Waals surface area contributed by atoms with Crippen LogP contribution in [-0.2, 0) is 10.0 Å². The summed E-state index contributed by atoms with van der Waals surface area (Å²) < 4.78 is 41.1. The van der Waals surface area contributed by atoms with E-state index >= 15 is 0 Å². The highest BCUT2D eigenvalue weighted by Gasteiger charge is 2.27. The van der Waals surface area contributed by atoms with Crippen LogP contribution < -0.4 is 10.5 Å². The third-order valence-corrected chi connectivity index (χ3v) is 5.87. The fourth-order valence-corrected chi connectivity index (χ4v) is 4.32. The van der Waals surface area contributed by atoms with Gasteiger partial charge in [0.15, 0.2) is 0 Å². The van der Waals surface area contributed by atoms with Crippen molar-refractivity contribution in [3.05, 3.63) is 59.4 Å². The van der Waals surface area contributed by atoms with Crippen LogP contribution in [-0.4, -0.2) is 38.4 Å². The lowest BCUT2D eigenvalue weighted by Gasteiger charge is -2.19. The van der Waals surface area contributed by atoms with Crippen molar-refractivity contribution >= 4 is 34.0 Å². The minimum atomic E-state index is -3.96. The van der Waals surface area contributed by atoms with E-state index in [2.05, 4.69) is 4.72 Å². The van der Waals surface area contributed by atoms with E-state index in [1.807, 2.05) is 0 Å². The van der Waals surface area contributed by atoms with E-state index in [0.29, 0.717) is 19.5 Å². The Morgan fingerprint density at radius 2 is 1.96 bits per heavy atom. The fourth-order valence-electron chi connectivity index (χ4n) is 3.01. The van der Waals surface area contributed by atoms with Gasteiger partial charge in [0, 0.05) is 19.1 Å². The Morgan fingerprint density at radius 1 is 1.26 bits per heavy atom. The summed E-state index contributed by atoms with van der Waals surface area (Å²) in [5.41, 5.74) is 6.57. The molecule has 146 valence electrons. The van der Waals surface area contributed by atoms with Gasteiger partial charge in [0.05, 0.1) is 16.1 Å². The number of rotatable bonds is 4. The summed E-state index contributed by atoms with van der Waals surface area (Å²) in [4.78, 5) is 14.3. The predicted molar refractivity (Wildman–Crippen MR) is 104 cm³/mol. The number of aryl methyl sites for hydroxylation is 1. The quantitative estimate of drug-likeness (QED) is 0.805. The molecule has 0 bridgehead atoms. The first-order valence-corrected chi connectivity index (χ1v) is 9.69. The van der Waals surface area contributed by atoms with Crippen LogP contribution in [0.2, 0.25) is 0 Å². The van der Waals surface area contributed by atoms with Crippen molar-refractivity contribution in [2.75, 3.05) is 17.8 Å². The molecule has 3 N–H and O–H groups in total. The van der Waals surface area contributed by atoms with Crippen LogP contribution in [0.3, 0.4) is 0 Å². The van der Waals surface area contributed by atoms with Gasteiger partial charge in [-0.2, -0.15) is 0 Å². The summed E-state index contributed by atoms with van der Waals surface area (Å²) in [6.45, 7) is 2.50. The van der Waals surface area contributed by atoms with Crippen LogP contribution in [0.25, 0.3) is 0 Å². The number of para-hydroxylation sites is 1. The van der Waals surface area contributed by atoms with E-state index in [4.69, 9.17) is 5.73 Å². The minimum Gasteiger partial charge on any atom is -0.337 e. The number of sulfonamides is 1. The van der Waals surface area contributed by atoms with Crippen molar-refractivity contribution < 1.29 is 17.6 Å². The summed E-state index contributed by atoms with van der Waals surface area (Å²) in [5.74, 6) is -0.783. The molecule has 1 atom stereocenters. The maximum absolute atomic E-state index is 13.3. The van der Waals surface area contributed by atoms with E-state index in [0.717, 1.165) is 12.1 Å². The number of amides is 1. The summed E-state index contributed by atoms with van der Waals surface area (Å²) in [5, 5.41) is 0. The monoisotopic (exact) mass is 413 g/mol. The number of nitrogens with zero attached hydrogens (tertiary/aromatic N) is 1. The molecule has 1 aliphatic heterocycles. The zero-order chi connectivity index (χ0) is 18.9. The lowest BCUT2D eigenvalue weighted by Crippen LogP contribution is -2.32. The second-order valence-corrected chi connectivity index (χ2v) is 8.01. The Morgan fingerprint density at radius 3 is 2.59 bits per heavy atom. The number of nitrogens with one attached hydrogen (secondary N) is 1. The first-order valence-electron chi connectivity index (χ1n) is 8.21. The van der Waals surface area contributed by atoms with Gasteiger partial charge in [-0.05, 0) is 49.2 Å². The minimum absolute atomic E-state index is 0. The number of hydrogen-bond acceptors (Lipinski definition) is 4. The van der Waals surface area contributed by atoms with E-state index < -0.39 is 15.8 Å². The number of hydrogen-bond donors (Lipinski definition) is 2. The van der Waals surface area contributed by atoms with Gasteiger partial charge >= 0.3 is 0 Å². The standard InChI is InChI=1S/C18H20FN3O3S.ClH/c1-12-10-13(19)6-7-17(12)26(24,25)21-16-5-3-2-4-15(16)18(23)22-9-8-14(20)11-22;/h2-7,10,14,21H,8-9,11,20H2,1H3;1H/t14-;/m1./s1. The molecule has 0 saturated carbocycles. The fraction of sp³-hybridized carbons (Fsp3) is 0.278. The van der Waals surface area contributed by atoms with Crippen LogP contribution in [0.1, 0.15) is 22.3 Å². The zero-order valence-corrected chi connectivity index (χ0v) is 16.3. The van der Waals surface area contributed by atoms with Crippen molar-refractivity contribution in [1.82, 2.24) is 4.90 Å². The summed E-state index contributed by atoms with van der Waals surface area (Å²) in [7, 11) is -3.96. The highest BCUT2D eigenvalue weighted by Crippen LogP contribution is 2.24. The number of likely N-dealkylation sites (tertiary alicyclic amines) is 1. The van der Waals surface area contributed by atoms with Crippen LogP contribution in [0, 0.1) is 12.7 Å². The third kappa shape index (κ3) is 4.58. The number of halogens is 2. The predicted octanol–water partition coefficient (Wildman–Crippen LogP) is 2.53. The molecule has 0 aliphatic carbocycles. The molecule has 0 unspecified atom stereocenters. The average Bonchev–Trinajstić information content (AvgIpc) is 3.00. The lowest BCUT2D eigenvalue weighted by atomic mass is 10.1. The number of nitrogens with two attached hydrogens (primary N) is 1. The molecule has 1 saturated heterocycles. The van der Waals surface area contributed by atoms with Crippen LogP contribution in [0.15, 0.2) is 47.4 Å². The third-order valence-electron chi connectivity index (χ3n) is 4.34. The summed E-state index contributed by atoms with van der Waals surface area (Å²) in [6.07, 6.45) is 0.717. The first-order chi connectivity index (χ1) is 12.3. The molecule has 1 aliphatic rings. The topological polar surface area (TPSA) is 92.5 Å². The van der Waals surface area contributed by atoms with Gasteiger partial charge in [0.25, 0.3) is 15.9 Å². The van der Waals surface area contributed by atoms with Crippen molar-refractivity contribution in [3.63, 3.8) is 0 Å². The van der Waals surface area contributed by atoms with Crippen molar-refractivity contribution in [2.24, 2.45) is 5.73 Å². The molecule has 3 rings (SSSR count). The Balaban J connectivity index is 0.00000261. The van der Waals surface area contributed by atoms with Crippen molar-refractivity contribution in [3.8, 4) is 0 Å². The van der Waals surface area contributed by atoms with E-state index in [-0.39, 0.29) is 46.1 Å². The molecule has 9 heteroatoms. The molecule has 27 heavy (non-hydrogen) atoms. The van der Waals surface area contributed by atoms with Gasteiger partial charge in [-0.15, -0.1) is 12.4 Å². The molecule has 6 nitrogen and oxygen atoms in total. The largest absolute Gasteiger partial charge is 0.337 e. The van der Waals surface area contributed by atoms with Crippen LogP contribution >= 0.6 is 12.4 Å². The van der Waals surface area contributed by atoms with Gasteiger partial charge in [-0.3, -0.25) is 9.52 Å². The smallest absolute Gasteiger partial charge is 0.262 e. The SMILES string of the molecule is Cc1cc(F)ccc1S(=O)(=O)Nc1ccccc1C(=O)N1CC[C@@H](N)C1.Cl. The maximum atomic E-state index is 13.3. The molecule has 2 aromatic rings. The first kappa shape index (κ1) is 21.1. The second kappa shape index (κ2) is 8.24. The highest BCUT2D eigenvalue weighted by atomic mass is 35.5. The molecule has 0 spiro atoms. The molecule has 0 radical (unpaired) electrons. The van der Waals surface area contributed by atoms with E-state index in [1.165, 1.54) is 19.1 Å². The highest BCUT2D eigenvalue weighted by molar-refractivity contribution is 7.92. The molecule has 0 aromatic heterocycles. The molecular formula is C18H21ClFN3O3S. The number of benzene rings is 2. The summed E-state index contributed by atoms with van der Waals surface area (Å²) in [6, 6.07) is 9.79. The van der Waals surface area contributed by atoms with E-state index in [9.17, 15) is 17.6 Å². The molecule has 2 aromatic carbocycles. The zero-order valence-electron chi connectivity index (χ0n) is 14.7. The lowest BCUT2D eigenvalue weighted by molar-refractivity contribution is 0.0792. The Bertz CT molecular complexity index is 953. The van der Waals surface area contributed by atoms with Gasteiger partial charge in [0.2, 0.25) is 0 Å². The number of carbonyl (C=O) groups excluding carboxylic acids is 1. The van der Waals surface area contributed by atoms with Gasteiger partial charge in [-0.25, -0.2) is 12.8 Å². The Hall–Kier alpha value is -2.16. The average molecular weight is 414 g/mol. The van der Waals surface area contributed by atoms with Gasteiger partial charge < -0.3 is 10.6 Å². The van der Waals surface area contributed by atoms with E-state index in [1.54, 1.807) is 23.1 Å². The van der Waals surface area contributed by atoms with Crippen molar-refractivity contribution in [1.29, 1.82) is 0 Å². The van der Waals surface area contributed by atoms with Gasteiger partial charge in [-0.1, -0.05) is 12.1 Å². The molecule has 1 amide bonds. The van der Waals surface area contributed by atoms with Crippen LogP contribution in [0.4, 0.5) is 10.1 Å². The summed E-state index contributed by atoms with van der Waals surface area (Å²) >= 11 is 0. The number of anilines is 1. The number of carbonyl (C=O) groups is 1. The molecule has 1 heterocycles. The molecule has 1 fully saturated rings. The second-order valence-electron chi connectivity index (χ2n) is 6.36. The Labute approximate surface area is 164 Å². The normalized spacial score (nSPS) is 16.7. The Kier molecular flexibility index (Phi) is 6.46.